The van der Waals surface area contributed by atoms with Crippen LogP contribution in [0.2, 0.25) is 0 Å². The van der Waals surface area contributed by atoms with Crippen molar-refractivity contribution in [1.82, 2.24) is 25.0 Å². The molecule has 0 unspecified atom stereocenters. The van der Waals surface area contributed by atoms with Gasteiger partial charge in [0.05, 0.1) is 6.20 Å². The fraction of sp³-hybridized carbons (Fsp3) is 0.381. The van der Waals surface area contributed by atoms with E-state index in [1.165, 1.54) is 5.56 Å². The number of aryl methyl sites for hydroxylation is 1. The molecule has 0 N–H and O–H groups in total. The number of amides is 1. The topological polar surface area (TPSA) is 94.2 Å². The molecule has 8 heteroatoms. The van der Waals surface area contributed by atoms with Crippen molar-refractivity contribution in [2.24, 2.45) is 0 Å². The number of aromatic nitrogens is 4. The maximum atomic E-state index is 12.7. The van der Waals surface area contributed by atoms with Gasteiger partial charge in [-0.25, -0.2) is 4.98 Å². The number of carbonyl (C=O) groups is 1. The van der Waals surface area contributed by atoms with Gasteiger partial charge in [-0.2, -0.15) is 4.98 Å². The van der Waals surface area contributed by atoms with Crippen molar-refractivity contribution >= 4 is 5.91 Å². The van der Waals surface area contributed by atoms with Crippen LogP contribution in [0.1, 0.15) is 38.6 Å². The molecule has 0 spiro atoms. The molecular formula is C21H25N5O3. The van der Waals surface area contributed by atoms with Gasteiger partial charge in [-0.1, -0.05) is 30.6 Å². The zero-order valence-corrected chi connectivity index (χ0v) is 16.9. The highest BCUT2D eigenvalue weighted by atomic mass is 16.5. The monoisotopic (exact) mass is 395 g/mol. The van der Waals surface area contributed by atoms with Crippen LogP contribution >= 0.6 is 0 Å². The Morgan fingerprint density at radius 1 is 1.21 bits per heavy atom. The van der Waals surface area contributed by atoms with Crippen molar-refractivity contribution in [3.05, 3.63) is 54.3 Å². The van der Waals surface area contributed by atoms with E-state index in [2.05, 4.69) is 27.0 Å². The van der Waals surface area contributed by atoms with Crippen LogP contribution in [0.5, 0.6) is 5.75 Å². The van der Waals surface area contributed by atoms with Crippen LogP contribution in [0.3, 0.4) is 0 Å². The van der Waals surface area contributed by atoms with Gasteiger partial charge < -0.3 is 14.2 Å². The smallest absolute Gasteiger partial charge is 0.261 e. The predicted octanol–water partition coefficient (Wildman–Crippen LogP) is 3.30. The van der Waals surface area contributed by atoms with E-state index in [9.17, 15) is 4.79 Å². The number of nitrogens with zero attached hydrogens (tertiary/aromatic N) is 5. The van der Waals surface area contributed by atoms with Gasteiger partial charge in [0, 0.05) is 18.4 Å². The number of benzene rings is 1. The largest absolute Gasteiger partial charge is 0.484 e. The Labute approximate surface area is 169 Å². The summed E-state index contributed by atoms with van der Waals surface area (Å²) in [6.45, 7) is 6.14. The third-order valence-corrected chi connectivity index (χ3v) is 4.33. The van der Waals surface area contributed by atoms with Crippen molar-refractivity contribution in [1.29, 1.82) is 0 Å². The van der Waals surface area contributed by atoms with E-state index in [0.29, 0.717) is 23.2 Å². The number of hydrogen-bond donors (Lipinski definition) is 0. The molecule has 0 aliphatic carbocycles. The highest BCUT2D eigenvalue weighted by Gasteiger charge is 2.21. The third-order valence-electron chi connectivity index (χ3n) is 4.33. The molecular weight excluding hydrogens is 370 g/mol. The molecule has 1 aromatic carbocycles. The van der Waals surface area contributed by atoms with Crippen molar-refractivity contribution < 1.29 is 14.1 Å². The molecule has 0 fully saturated rings. The van der Waals surface area contributed by atoms with Gasteiger partial charge in [0.25, 0.3) is 5.91 Å². The van der Waals surface area contributed by atoms with Gasteiger partial charge >= 0.3 is 0 Å². The van der Waals surface area contributed by atoms with Crippen molar-refractivity contribution in [3.63, 3.8) is 0 Å². The van der Waals surface area contributed by atoms with Gasteiger partial charge in [0.1, 0.15) is 18.0 Å². The van der Waals surface area contributed by atoms with Gasteiger partial charge in [0.2, 0.25) is 11.7 Å². The van der Waals surface area contributed by atoms with E-state index in [1.54, 1.807) is 23.5 Å². The maximum Gasteiger partial charge on any atom is 0.261 e. The minimum Gasteiger partial charge on any atom is -0.484 e. The average Bonchev–Trinajstić information content (AvgIpc) is 3.21. The predicted molar refractivity (Wildman–Crippen MR) is 107 cm³/mol. The number of carbonyl (C=O) groups excluding carboxylic acids is 1. The molecule has 0 aliphatic heterocycles. The second-order valence-electron chi connectivity index (χ2n) is 6.90. The molecule has 29 heavy (non-hydrogen) atoms. The second kappa shape index (κ2) is 9.77. The van der Waals surface area contributed by atoms with Crippen molar-refractivity contribution in [2.75, 3.05) is 6.61 Å². The Balaban J connectivity index is 1.60. The van der Waals surface area contributed by atoms with Gasteiger partial charge in [-0.15, -0.1) is 0 Å². The van der Waals surface area contributed by atoms with Crippen LogP contribution in [0.25, 0.3) is 11.5 Å². The summed E-state index contributed by atoms with van der Waals surface area (Å²) in [5.74, 6) is 1.19. The summed E-state index contributed by atoms with van der Waals surface area (Å²) < 4.78 is 11.0. The van der Waals surface area contributed by atoms with Crippen LogP contribution in [0.15, 0.2) is 47.4 Å². The fourth-order valence-electron chi connectivity index (χ4n) is 2.81. The van der Waals surface area contributed by atoms with Crippen molar-refractivity contribution in [2.45, 2.75) is 46.2 Å². The number of hydrogen-bond acceptors (Lipinski definition) is 7. The fourth-order valence-corrected chi connectivity index (χ4v) is 2.81. The lowest BCUT2D eigenvalue weighted by Gasteiger charge is -2.25. The number of rotatable bonds is 9. The lowest BCUT2D eigenvalue weighted by molar-refractivity contribution is -0.136. The Bertz CT molecular complexity index is 910. The molecule has 3 aromatic rings. The summed E-state index contributed by atoms with van der Waals surface area (Å²) in [6, 6.07) is 7.78. The van der Waals surface area contributed by atoms with Crippen molar-refractivity contribution in [3.8, 4) is 17.3 Å². The Morgan fingerprint density at radius 3 is 2.66 bits per heavy atom. The lowest BCUT2D eigenvalue weighted by atomic mass is 10.1. The van der Waals surface area contributed by atoms with E-state index in [1.807, 2.05) is 38.1 Å². The normalized spacial score (nSPS) is 10.9. The molecule has 0 atom stereocenters. The standard InChI is InChI=1S/C21H25N5O3/c1-4-5-16-6-8-17(9-7-16)28-14-20(27)26(15(2)3)13-19-24-21(25-29-19)18-12-22-10-11-23-18/h6-12,15H,4-5,13-14H2,1-3H3. The first kappa shape index (κ1) is 20.4. The van der Waals surface area contributed by atoms with Crippen LogP contribution in [0.4, 0.5) is 0 Å². The second-order valence-corrected chi connectivity index (χ2v) is 6.90. The Morgan fingerprint density at radius 2 is 2.00 bits per heavy atom. The molecule has 2 aromatic heterocycles. The molecule has 0 saturated heterocycles. The highest BCUT2D eigenvalue weighted by molar-refractivity contribution is 5.78. The average molecular weight is 395 g/mol. The van der Waals surface area contributed by atoms with Crippen LogP contribution < -0.4 is 4.74 Å². The summed E-state index contributed by atoms with van der Waals surface area (Å²) in [5, 5.41) is 3.92. The maximum absolute atomic E-state index is 12.7. The quantitative estimate of drug-likeness (QED) is 0.549. The molecule has 0 bridgehead atoms. The van der Waals surface area contributed by atoms with E-state index in [-0.39, 0.29) is 25.1 Å². The molecule has 0 aliphatic rings. The molecule has 0 saturated carbocycles. The highest BCUT2D eigenvalue weighted by Crippen LogP contribution is 2.16. The minimum absolute atomic E-state index is 0.0510. The van der Waals surface area contributed by atoms with Gasteiger partial charge in [-0.3, -0.25) is 9.78 Å². The summed E-state index contributed by atoms with van der Waals surface area (Å²) in [7, 11) is 0. The van der Waals surface area contributed by atoms with Crippen LogP contribution in [0, 0.1) is 0 Å². The molecule has 1 amide bonds. The Hall–Kier alpha value is -3.29. The summed E-state index contributed by atoms with van der Waals surface area (Å²) in [6.07, 6.45) is 6.80. The number of ether oxygens (including phenoxy) is 1. The molecule has 2 heterocycles. The van der Waals surface area contributed by atoms with E-state index in [0.717, 1.165) is 12.8 Å². The van der Waals surface area contributed by atoms with E-state index < -0.39 is 0 Å². The first-order valence-corrected chi connectivity index (χ1v) is 9.67. The van der Waals surface area contributed by atoms with Crippen LogP contribution in [-0.4, -0.2) is 43.6 Å². The summed E-state index contributed by atoms with van der Waals surface area (Å²) >= 11 is 0. The van der Waals surface area contributed by atoms with Crippen LogP contribution in [-0.2, 0) is 17.8 Å². The molecule has 8 nitrogen and oxygen atoms in total. The zero-order valence-electron chi connectivity index (χ0n) is 16.9. The lowest BCUT2D eigenvalue weighted by Crippen LogP contribution is -2.39. The SMILES string of the molecule is CCCc1ccc(OCC(=O)N(Cc2nc(-c3cnccn3)no2)C(C)C)cc1. The molecule has 3 rings (SSSR count). The first-order chi connectivity index (χ1) is 14.1. The zero-order chi connectivity index (χ0) is 20.6. The van der Waals surface area contributed by atoms with Gasteiger partial charge in [0.15, 0.2) is 6.61 Å². The molecule has 152 valence electrons. The summed E-state index contributed by atoms with van der Waals surface area (Å²) in [5.41, 5.74) is 1.77. The molecule has 0 radical (unpaired) electrons. The van der Waals surface area contributed by atoms with E-state index in [4.69, 9.17) is 9.26 Å². The summed E-state index contributed by atoms with van der Waals surface area (Å²) in [4.78, 5) is 26.8. The van der Waals surface area contributed by atoms with Gasteiger partial charge in [-0.05, 0) is 38.0 Å². The first-order valence-electron chi connectivity index (χ1n) is 9.67. The minimum atomic E-state index is -0.156. The van der Waals surface area contributed by atoms with E-state index >= 15 is 0 Å². The third kappa shape index (κ3) is 5.60. The Kier molecular flexibility index (Phi) is 6.89.